The van der Waals surface area contributed by atoms with Crippen LogP contribution in [0.1, 0.15) is 33.9 Å². The molecule has 0 saturated heterocycles. The maximum Gasteiger partial charge on any atom is 0.241 e. The molecule has 6 heteroatoms. The van der Waals surface area contributed by atoms with Crippen LogP contribution in [0.15, 0.2) is 76.8 Å². The van der Waals surface area contributed by atoms with Crippen LogP contribution in [-0.2, 0) is 10.0 Å². The van der Waals surface area contributed by atoms with Gasteiger partial charge in [0.05, 0.1) is 26.1 Å². The average molecular weight is 494 g/mol. The Labute approximate surface area is 205 Å². The highest BCUT2D eigenvalue weighted by Gasteiger charge is 2.33. The van der Waals surface area contributed by atoms with Crippen molar-refractivity contribution in [2.24, 2.45) is 0 Å². The highest BCUT2D eigenvalue weighted by Crippen LogP contribution is 2.35. The van der Waals surface area contributed by atoms with Gasteiger partial charge in [0.15, 0.2) is 0 Å². The SMILES string of the molecule is COc1ccccc1/C=C(/C(NS(=O)(=O)c1c(C)cc(C)cc1C)c1ccccc1)[Si](C)(C)C. The van der Waals surface area contributed by atoms with E-state index < -0.39 is 24.1 Å². The zero-order chi connectivity index (χ0) is 25.1. The Kier molecular flexibility index (Phi) is 7.86. The molecule has 0 aliphatic rings. The lowest BCUT2D eigenvalue weighted by atomic mass is 10.1. The first-order valence-corrected chi connectivity index (χ1v) is 16.4. The van der Waals surface area contributed by atoms with Crippen molar-refractivity contribution in [1.29, 1.82) is 0 Å². The van der Waals surface area contributed by atoms with Crippen LogP contribution < -0.4 is 9.46 Å². The minimum atomic E-state index is -3.80. The Bertz CT molecular complexity index is 1270. The molecule has 0 amide bonds. The van der Waals surface area contributed by atoms with Gasteiger partial charge in [0, 0.05) is 5.56 Å². The molecule has 0 aromatic heterocycles. The molecule has 0 aliphatic heterocycles. The zero-order valence-corrected chi connectivity index (χ0v) is 23.0. The Morgan fingerprint density at radius 1 is 0.912 bits per heavy atom. The monoisotopic (exact) mass is 493 g/mol. The van der Waals surface area contributed by atoms with Gasteiger partial charge >= 0.3 is 0 Å². The third-order valence-electron chi connectivity index (χ3n) is 5.91. The molecule has 1 atom stereocenters. The minimum Gasteiger partial charge on any atom is -0.496 e. The van der Waals surface area contributed by atoms with E-state index in [0.29, 0.717) is 4.90 Å². The van der Waals surface area contributed by atoms with Crippen LogP contribution in [0.5, 0.6) is 5.75 Å². The maximum atomic E-state index is 13.8. The van der Waals surface area contributed by atoms with Crippen molar-refractivity contribution in [3.8, 4) is 5.75 Å². The van der Waals surface area contributed by atoms with E-state index in [1.165, 1.54) is 0 Å². The molecular weight excluding hydrogens is 458 g/mol. The molecule has 180 valence electrons. The number of nitrogens with one attached hydrogen (secondary N) is 1. The molecule has 0 fully saturated rings. The van der Waals surface area contributed by atoms with E-state index in [2.05, 4.69) is 30.4 Å². The summed E-state index contributed by atoms with van der Waals surface area (Å²) in [6.45, 7) is 12.4. The largest absolute Gasteiger partial charge is 0.496 e. The van der Waals surface area contributed by atoms with Gasteiger partial charge in [0.2, 0.25) is 10.0 Å². The summed E-state index contributed by atoms with van der Waals surface area (Å²) in [6.07, 6.45) is 2.11. The number of hydrogen-bond acceptors (Lipinski definition) is 3. The molecule has 3 aromatic rings. The summed E-state index contributed by atoms with van der Waals surface area (Å²) in [6, 6.07) is 21.0. The van der Waals surface area contributed by atoms with Crippen LogP contribution in [0.3, 0.4) is 0 Å². The minimum absolute atomic E-state index is 0.353. The van der Waals surface area contributed by atoms with Crippen molar-refractivity contribution >= 4 is 24.2 Å². The molecule has 0 heterocycles. The lowest BCUT2D eigenvalue weighted by Gasteiger charge is -2.31. The number of ether oxygens (including phenoxy) is 1. The molecular formula is C28H35NO3SSi. The fourth-order valence-corrected chi connectivity index (χ4v) is 7.90. The standard InChI is InChI=1S/C28H35NO3SSi/c1-20-17-21(2)28(22(3)18-20)33(30,31)29-27(23-13-9-8-10-14-23)26(34(5,6)7)19-24-15-11-12-16-25(24)32-4/h8-19,27,29H,1-7H3/b26-19-. The number of hydrogen-bond donors (Lipinski definition) is 1. The molecule has 4 nitrogen and oxygen atoms in total. The van der Waals surface area contributed by atoms with Crippen molar-refractivity contribution < 1.29 is 13.2 Å². The first-order valence-electron chi connectivity index (χ1n) is 11.4. The van der Waals surface area contributed by atoms with E-state index in [0.717, 1.165) is 38.8 Å². The van der Waals surface area contributed by atoms with Crippen LogP contribution in [0.2, 0.25) is 19.6 Å². The van der Waals surface area contributed by atoms with Gasteiger partial charge in [0.25, 0.3) is 0 Å². The van der Waals surface area contributed by atoms with E-state index in [-0.39, 0.29) is 0 Å². The molecule has 1 unspecified atom stereocenters. The summed E-state index contributed by atoms with van der Waals surface area (Å²) in [4.78, 5) is 0.353. The van der Waals surface area contributed by atoms with Crippen LogP contribution >= 0.6 is 0 Å². The summed E-state index contributed by atoms with van der Waals surface area (Å²) < 4.78 is 36.3. The highest BCUT2D eigenvalue weighted by atomic mass is 32.2. The van der Waals surface area contributed by atoms with E-state index >= 15 is 0 Å². The second-order valence-electron chi connectivity index (χ2n) is 9.78. The van der Waals surface area contributed by atoms with Gasteiger partial charge in [-0.25, -0.2) is 8.42 Å². The Hall–Kier alpha value is -2.67. The van der Waals surface area contributed by atoms with Gasteiger partial charge in [-0.15, -0.1) is 0 Å². The van der Waals surface area contributed by atoms with Gasteiger partial charge in [0.1, 0.15) is 5.75 Å². The lowest BCUT2D eigenvalue weighted by Crippen LogP contribution is -2.38. The highest BCUT2D eigenvalue weighted by molar-refractivity contribution is 7.89. The number of para-hydroxylation sites is 1. The lowest BCUT2D eigenvalue weighted by molar-refractivity contribution is 0.414. The van der Waals surface area contributed by atoms with E-state index in [1.807, 2.05) is 87.5 Å². The van der Waals surface area contributed by atoms with Gasteiger partial charge < -0.3 is 4.74 Å². The Balaban J connectivity index is 2.22. The van der Waals surface area contributed by atoms with Gasteiger partial charge in [-0.2, -0.15) is 4.72 Å². The number of aryl methyl sites for hydroxylation is 3. The molecule has 3 rings (SSSR count). The van der Waals surface area contributed by atoms with E-state index in [1.54, 1.807) is 7.11 Å². The van der Waals surface area contributed by atoms with Crippen LogP contribution in [-0.4, -0.2) is 23.6 Å². The summed E-state index contributed by atoms with van der Waals surface area (Å²) in [7, 11) is -4.15. The summed E-state index contributed by atoms with van der Waals surface area (Å²) >= 11 is 0. The average Bonchev–Trinajstić information content (AvgIpc) is 2.75. The van der Waals surface area contributed by atoms with Crippen LogP contribution in [0.4, 0.5) is 0 Å². The first-order chi connectivity index (χ1) is 15.9. The van der Waals surface area contributed by atoms with E-state index in [4.69, 9.17) is 4.74 Å². The van der Waals surface area contributed by atoms with Crippen molar-refractivity contribution in [2.75, 3.05) is 7.11 Å². The quantitative estimate of drug-likeness (QED) is 0.360. The molecule has 0 aliphatic carbocycles. The maximum absolute atomic E-state index is 13.8. The molecule has 0 radical (unpaired) electrons. The van der Waals surface area contributed by atoms with Crippen molar-refractivity contribution in [2.45, 2.75) is 51.3 Å². The number of sulfonamides is 1. The molecule has 0 spiro atoms. The normalized spacial score (nSPS) is 13.6. The second-order valence-corrected chi connectivity index (χ2v) is 16.5. The Morgan fingerprint density at radius 2 is 1.47 bits per heavy atom. The molecule has 34 heavy (non-hydrogen) atoms. The van der Waals surface area contributed by atoms with Gasteiger partial charge in [-0.3, -0.25) is 0 Å². The van der Waals surface area contributed by atoms with Crippen LogP contribution in [0.25, 0.3) is 6.08 Å². The van der Waals surface area contributed by atoms with Gasteiger partial charge in [-0.1, -0.05) is 97.1 Å². The fourth-order valence-electron chi connectivity index (χ4n) is 4.45. The third kappa shape index (κ3) is 5.87. The molecule has 0 saturated carbocycles. The summed E-state index contributed by atoms with van der Waals surface area (Å²) in [5.41, 5.74) is 4.40. The Morgan fingerprint density at radius 3 is 2.03 bits per heavy atom. The molecule has 0 bridgehead atoms. The van der Waals surface area contributed by atoms with Crippen LogP contribution in [0, 0.1) is 20.8 Å². The number of benzene rings is 3. The van der Waals surface area contributed by atoms with Gasteiger partial charge in [-0.05, 0) is 43.5 Å². The predicted molar refractivity (Wildman–Crippen MR) is 144 cm³/mol. The van der Waals surface area contributed by atoms with E-state index in [9.17, 15) is 8.42 Å². The first kappa shape index (κ1) is 25.9. The fraction of sp³-hybridized carbons (Fsp3) is 0.286. The zero-order valence-electron chi connectivity index (χ0n) is 21.1. The molecule has 3 aromatic carbocycles. The molecule has 1 N–H and O–H groups in total. The smallest absolute Gasteiger partial charge is 0.241 e. The van der Waals surface area contributed by atoms with Crippen molar-refractivity contribution in [3.63, 3.8) is 0 Å². The topological polar surface area (TPSA) is 55.4 Å². The second kappa shape index (κ2) is 10.3. The summed E-state index contributed by atoms with van der Waals surface area (Å²) in [5.74, 6) is 0.762. The predicted octanol–water partition coefficient (Wildman–Crippen LogP) is 6.60. The third-order valence-corrected chi connectivity index (χ3v) is 9.80. The summed E-state index contributed by atoms with van der Waals surface area (Å²) in [5, 5.41) is 1.08. The van der Waals surface area contributed by atoms with Crippen molar-refractivity contribution in [3.05, 3.63) is 99.7 Å². The number of methoxy groups -OCH3 is 1. The number of rotatable bonds is 8. The van der Waals surface area contributed by atoms with Crippen molar-refractivity contribution in [1.82, 2.24) is 4.72 Å².